The van der Waals surface area contributed by atoms with Crippen molar-refractivity contribution in [2.75, 3.05) is 27.3 Å². The SMILES string of the molecule is COC(=O)NC(C(=O)N1CCC[C@H]1c1ncc(-c2ccc3cc(-c4ccc(-c5cnc([C@@H]6CCCN6C(=O)C6(NC(=O)OC)Cc7ccccc7C6)[nH]5)cc4)ccc3c2)[nH]1)C(C)C. The van der Waals surface area contributed by atoms with Crippen LogP contribution >= 0.6 is 0 Å². The molecule has 2 fully saturated rings. The number of carbonyl (C=O) groups is 4. The number of ether oxygens (including phenoxy) is 2. The average Bonchev–Trinajstić information content (AvgIpc) is 4.16. The van der Waals surface area contributed by atoms with Crippen LogP contribution in [0.25, 0.3) is 44.4 Å². The van der Waals surface area contributed by atoms with Gasteiger partial charge in [-0.15, -0.1) is 0 Å². The number of carbonyl (C=O) groups excluding carboxylic acids is 4. The van der Waals surface area contributed by atoms with Crippen molar-refractivity contribution >= 4 is 34.8 Å². The molecular formula is C49H52N8O6. The zero-order valence-electron chi connectivity index (χ0n) is 35.9. The van der Waals surface area contributed by atoms with Crippen LogP contribution in [-0.2, 0) is 31.9 Å². The molecule has 0 bridgehead atoms. The zero-order valence-corrected chi connectivity index (χ0v) is 35.9. The number of methoxy groups -OCH3 is 2. The Balaban J connectivity index is 0.875. The average molecular weight is 849 g/mol. The van der Waals surface area contributed by atoms with Crippen molar-refractivity contribution in [3.63, 3.8) is 0 Å². The van der Waals surface area contributed by atoms with E-state index in [1.807, 2.05) is 60.3 Å². The van der Waals surface area contributed by atoms with Gasteiger partial charge in [-0.1, -0.05) is 86.6 Å². The van der Waals surface area contributed by atoms with E-state index in [4.69, 9.17) is 19.4 Å². The first kappa shape index (κ1) is 41.4. The molecule has 9 rings (SSSR count). The lowest BCUT2D eigenvalue weighted by Crippen LogP contribution is -2.60. The van der Waals surface area contributed by atoms with E-state index in [1.54, 1.807) is 0 Å². The van der Waals surface area contributed by atoms with Crippen molar-refractivity contribution in [3.8, 4) is 33.6 Å². The summed E-state index contributed by atoms with van der Waals surface area (Å²) >= 11 is 0. The number of hydrogen-bond donors (Lipinski definition) is 4. The summed E-state index contributed by atoms with van der Waals surface area (Å²) in [6.07, 6.45) is 6.45. The maximum atomic E-state index is 14.4. The second kappa shape index (κ2) is 17.1. The van der Waals surface area contributed by atoms with Gasteiger partial charge in [-0.25, -0.2) is 19.6 Å². The van der Waals surface area contributed by atoms with E-state index in [0.29, 0.717) is 25.9 Å². The Hall–Kier alpha value is -6.96. The van der Waals surface area contributed by atoms with E-state index in [2.05, 4.69) is 81.3 Å². The number of imidazole rings is 2. The second-order valence-corrected chi connectivity index (χ2v) is 17.2. The van der Waals surface area contributed by atoms with Crippen molar-refractivity contribution in [3.05, 3.63) is 120 Å². The Morgan fingerprint density at radius 2 is 1.21 bits per heavy atom. The molecule has 0 radical (unpaired) electrons. The summed E-state index contributed by atoms with van der Waals surface area (Å²) in [5, 5.41) is 7.82. The predicted octanol–water partition coefficient (Wildman–Crippen LogP) is 7.89. The lowest BCUT2D eigenvalue weighted by Gasteiger charge is -2.35. The van der Waals surface area contributed by atoms with Crippen LogP contribution in [0.15, 0.2) is 97.3 Å². The quantitative estimate of drug-likeness (QED) is 0.108. The first-order valence-electron chi connectivity index (χ1n) is 21.7. The molecule has 63 heavy (non-hydrogen) atoms. The van der Waals surface area contributed by atoms with Gasteiger partial charge in [0.2, 0.25) is 11.8 Å². The first-order valence-corrected chi connectivity index (χ1v) is 21.7. The summed E-state index contributed by atoms with van der Waals surface area (Å²) in [5.41, 5.74) is 6.86. The van der Waals surface area contributed by atoms with Gasteiger partial charge in [-0.2, -0.15) is 0 Å². The number of fused-ring (bicyclic) bond motifs is 2. The molecule has 2 aromatic heterocycles. The van der Waals surface area contributed by atoms with Gasteiger partial charge in [-0.3, -0.25) is 9.59 Å². The minimum Gasteiger partial charge on any atom is -0.453 e. The fourth-order valence-electron chi connectivity index (χ4n) is 9.66. The summed E-state index contributed by atoms with van der Waals surface area (Å²) in [4.78, 5) is 72.8. The minimum atomic E-state index is -1.12. The Bertz CT molecular complexity index is 2660. The number of likely N-dealkylation sites (tertiary alicyclic amines) is 2. The number of amides is 4. The molecule has 6 aromatic rings. The van der Waals surface area contributed by atoms with Crippen LogP contribution in [0.1, 0.15) is 74.4 Å². The van der Waals surface area contributed by atoms with Crippen molar-refractivity contribution in [2.45, 2.75) is 76.0 Å². The fraction of sp³-hybridized carbons (Fsp3) is 0.347. The fourth-order valence-corrected chi connectivity index (χ4v) is 9.66. The lowest BCUT2D eigenvalue weighted by molar-refractivity contribution is -0.139. The highest BCUT2D eigenvalue weighted by molar-refractivity contribution is 5.93. The van der Waals surface area contributed by atoms with Crippen molar-refractivity contribution in [1.82, 2.24) is 40.4 Å². The summed E-state index contributed by atoms with van der Waals surface area (Å²) in [5.74, 6) is 1.09. The Morgan fingerprint density at radius 3 is 1.81 bits per heavy atom. The highest BCUT2D eigenvalue weighted by atomic mass is 16.5. The monoisotopic (exact) mass is 848 g/mol. The molecule has 3 atom stereocenters. The third kappa shape index (κ3) is 8.01. The standard InChI is InChI=1S/C49H52N8O6/c1-29(2)42(54-47(60)62-3)45(58)56-21-7-11-40(56)43-51-28-39(53-43)35-20-19-33-23-32(17-18-34(33)24-35)30-13-15-31(16-14-30)38-27-50-44(52-38)41-12-8-22-57(41)46(59)49(55-48(61)63-4)25-36-9-5-6-10-37(36)26-49/h5-6,9-10,13-20,23-24,27-29,40-42H,7-8,11-12,21-22,25-26H2,1-4H3,(H,50,52)(H,51,53)(H,54,60)(H,55,61)/t40-,41-,42?/m0/s1. The van der Waals surface area contributed by atoms with E-state index in [1.165, 1.54) is 14.2 Å². The number of aromatic nitrogens is 4. The Morgan fingerprint density at radius 1 is 0.683 bits per heavy atom. The molecule has 4 amide bonds. The molecule has 14 heteroatoms. The van der Waals surface area contributed by atoms with Crippen molar-refractivity contribution in [2.24, 2.45) is 5.92 Å². The van der Waals surface area contributed by atoms with Crippen LogP contribution < -0.4 is 10.6 Å². The Labute approximate surface area is 365 Å². The number of rotatable bonds is 10. The first-order chi connectivity index (χ1) is 30.5. The molecule has 3 aliphatic rings. The topological polar surface area (TPSA) is 175 Å². The molecule has 1 aliphatic carbocycles. The van der Waals surface area contributed by atoms with Gasteiger partial charge >= 0.3 is 12.2 Å². The Kier molecular flexibility index (Phi) is 11.2. The van der Waals surface area contributed by atoms with Crippen molar-refractivity contribution < 1.29 is 28.7 Å². The van der Waals surface area contributed by atoms with Gasteiger partial charge in [0.25, 0.3) is 0 Å². The maximum absolute atomic E-state index is 14.4. The third-order valence-corrected chi connectivity index (χ3v) is 13.0. The largest absolute Gasteiger partial charge is 0.453 e. The van der Waals surface area contributed by atoms with Gasteiger partial charge in [-0.05, 0) is 82.3 Å². The molecule has 14 nitrogen and oxygen atoms in total. The number of H-pyrrole nitrogens is 2. The van der Waals surface area contributed by atoms with E-state index >= 15 is 0 Å². The summed E-state index contributed by atoms with van der Waals surface area (Å²) in [6, 6.07) is 27.9. The number of hydrogen-bond acceptors (Lipinski definition) is 8. The molecule has 4 N–H and O–H groups in total. The minimum absolute atomic E-state index is 0.108. The highest BCUT2D eigenvalue weighted by Gasteiger charge is 2.50. The number of alkyl carbamates (subject to hydrolysis) is 2. The zero-order chi connectivity index (χ0) is 43.8. The summed E-state index contributed by atoms with van der Waals surface area (Å²) < 4.78 is 9.74. The van der Waals surface area contributed by atoms with Crippen LogP contribution in [0, 0.1) is 5.92 Å². The smallest absolute Gasteiger partial charge is 0.407 e. The van der Waals surface area contributed by atoms with Gasteiger partial charge in [0.15, 0.2) is 0 Å². The van der Waals surface area contributed by atoms with Gasteiger partial charge in [0, 0.05) is 31.5 Å². The molecule has 4 aromatic carbocycles. The number of aromatic amines is 2. The normalized spacial score (nSPS) is 18.4. The summed E-state index contributed by atoms with van der Waals surface area (Å²) in [6.45, 7) is 4.98. The molecule has 324 valence electrons. The van der Waals surface area contributed by atoms with E-state index in [0.717, 1.165) is 92.9 Å². The van der Waals surface area contributed by atoms with E-state index < -0.39 is 23.8 Å². The highest BCUT2D eigenvalue weighted by Crippen LogP contribution is 2.39. The van der Waals surface area contributed by atoms with Crippen LogP contribution in [0.5, 0.6) is 0 Å². The molecule has 4 heterocycles. The lowest BCUT2D eigenvalue weighted by atomic mass is 9.93. The molecule has 2 aliphatic heterocycles. The number of benzene rings is 4. The van der Waals surface area contributed by atoms with Gasteiger partial charge in [0.1, 0.15) is 23.2 Å². The second-order valence-electron chi connectivity index (χ2n) is 17.2. The van der Waals surface area contributed by atoms with Crippen molar-refractivity contribution in [1.29, 1.82) is 0 Å². The predicted molar refractivity (Wildman–Crippen MR) is 238 cm³/mol. The number of nitrogens with one attached hydrogen (secondary N) is 4. The van der Waals surface area contributed by atoms with E-state index in [9.17, 15) is 19.2 Å². The van der Waals surface area contributed by atoms with E-state index in [-0.39, 0.29) is 29.8 Å². The maximum Gasteiger partial charge on any atom is 0.407 e. The molecule has 1 unspecified atom stereocenters. The van der Waals surface area contributed by atoms with Crippen LogP contribution in [0.4, 0.5) is 9.59 Å². The van der Waals surface area contributed by atoms with Crippen LogP contribution in [-0.4, -0.2) is 92.6 Å². The molecule has 2 saturated heterocycles. The van der Waals surface area contributed by atoms with Crippen LogP contribution in [0.2, 0.25) is 0 Å². The summed E-state index contributed by atoms with van der Waals surface area (Å²) in [7, 11) is 2.61. The van der Waals surface area contributed by atoms with Crippen LogP contribution in [0.3, 0.4) is 0 Å². The molecule has 0 spiro atoms. The van der Waals surface area contributed by atoms with Gasteiger partial charge < -0.3 is 39.9 Å². The number of nitrogens with zero attached hydrogens (tertiary/aromatic N) is 4. The van der Waals surface area contributed by atoms with Gasteiger partial charge in [0.05, 0.1) is 50.1 Å². The molecule has 0 saturated carbocycles. The molecular weight excluding hydrogens is 797 g/mol. The third-order valence-electron chi connectivity index (χ3n) is 13.0.